The van der Waals surface area contributed by atoms with Crippen molar-refractivity contribution >= 4 is 6.09 Å². The highest BCUT2D eigenvalue weighted by atomic mass is 16.5. The summed E-state index contributed by atoms with van der Waals surface area (Å²) < 4.78 is 5.28. The molecule has 0 aliphatic carbocycles. The van der Waals surface area contributed by atoms with Crippen LogP contribution in [0.2, 0.25) is 0 Å². The maximum Gasteiger partial charge on any atom is 0.404 e. The highest BCUT2D eigenvalue weighted by Gasteiger charge is 2.32. The van der Waals surface area contributed by atoms with Crippen LogP contribution in [-0.2, 0) is 4.74 Å². The summed E-state index contributed by atoms with van der Waals surface area (Å²) in [5.74, 6) is 0.321. The topological polar surface area (TPSA) is 90.8 Å². The summed E-state index contributed by atoms with van der Waals surface area (Å²) in [5.41, 5.74) is 0. The average Bonchev–Trinajstić information content (AvgIpc) is 2.30. The Bertz CT molecular complexity index is 244. The fraction of sp³-hybridized carbons (Fsp3) is 0.909. The van der Waals surface area contributed by atoms with Gasteiger partial charge >= 0.3 is 6.09 Å². The third-order valence-corrected chi connectivity index (χ3v) is 3.34. The summed E-state index contributed by atoms with van der Waals surface area (Å²) in [5, 5.41) is 24.2. The van der Waals surface area contributed by atoms with Crippen LogP contribution in [0.3, 0.4) is 0 Å². The zero-order chi connectivity index (χ0) is 12.8. The van der Waals surface area contributed by atoms with Crippen LogP contribution < -0.4 is 10.6 Å². The van der Waals surface area contributed by atoms with Crippen LogP contribution in [0, 0.1) is 5.92 Å². The molecule has 1 rings (SSSR count). The third kappa shape index (κ3) is 4.14. The van der Waals surface area contributed by atoms with E-state index in [9.17, 15) is 9.90 Å². The molecule has 1 aliphatic heterocycles. The van der Waals surface area contributed by atoms with Crippen LogP contribution in [0.15, 0.2) is 0 Å². The van der Waals surface area contributed by atoms with E-state index in [-0.39, 0.29) is 6.04 Å². The second-order valence-electron chi connectivity index (χ2n) is 4.49. The van der Waals surface area contributed by atoms with E-state index in [1.54, 1.807) is 14.0 Å². The average molecular weight is 246 g/mol. The Morgan fingerprint density at radius 1 is 1.41 bits per heavy atom. The largest absolute Gasteiger partial charge is 0.465 e. The van der Waals surface area contributed by atoms with E-state index in [1.807, 2.05) is 0 Å². The summed E-state index contributed by atoms with van der Waals surface area (Å²) in [4.78, 5) is 10.5. The number of rotatable bonds is 5. The highest BCUT2D eigenvalue weighted by molar-refractivity contribution is 5.64. The summed E-state index contributed by atoms with van der Waals surface area (Å²) in [6.45, 7) is 3.08. The van der Waals surface area contributed by atoms with Gasteiger partial charge in [-0.2, -0.15) is 0 Å². The molecule has 6 heteroatoms. The van der Waals surface area contributed by atoms with E-state index in [0.717, 1.165) is 12.8 Å². The van der Waals surface area contributed by atoms with Crippen molar-refractivity contribution in [2.24, 2.45) is 5.92 Å². The molecule has 3 atom stereocenters. The lowest BCUT2D eigenvalue weighted by atomic mass is 9.86. The summed E-state index contributed by atoms with van der Waals surface area (Å²) in [6.07, 6.45) is -0.0670. The van der Waals surface area contributed by atoms with E-state index < -0.39 is 18.2 Å². The van der Waals surface area contributed by atoms with Crippen molar-refractivity contribution in [3.63, 3.8) is 0 Å². The molecule has 0 aromatic heterocycles. The molecule has 4 N–H and O–H groups in total. The third-order valence-electron chi connectivity index (χ3n) is 3.34. The van der Waals surface area contributed by atoms with Crippen LogP contribution in [0.5, 0.6) is 0 Å². The molecule has 17 heavy (non-hydrogen) atoms. The van der Waals surface area contributed by atoms with E-state index in [2.05, 4.69) is 10.6 Å². The Morgan fingerprint density at radius 3 is 2.47 bits per heavy atom. The van der Waals surface area contributed by atoms with Gasteiger partial charge in [0.15, 0.2) is 0 Å². The Kier molecular flexibility index (Phi) is 5.67. The molecule has 0 aromatic rings. The number of likely N-dealkylation sites (N-methyl/N-ethyl adjacent to an activating group) is 1. The quantitative estimate of drug-likeness (QED) is 0.549. The number of aliphatic hydroxyl groups excluding tert-OH is 1. The molecule has 100 valence electrons. The monoisotopic (exact) mass is 246 g/mol. The van der Waals surface area contributed by atoms with Gasteiger partial charge in [-0.1, -0.05) is 0 Å². The van der Waals surface area contributed by atoms with E-state index >= 15 is 0 Å². The molecule has 1 fully saturated rings. The van der Waals surface area contributed by atoms with Crippen molar-refractivity contribution < 1.29 is 19.7 Å². The number of hydrogen-bond acceptors (Lipinski definition) is 4. The van der Waals surface area contributed by atoms with Crippen LogP contribution >= 0.6 is 0 Å². The van der Waals surface area contributed by atoms with E-state index in [4.69, 9.17) is 9.84 Å². The Balaban J connectivity index is 2.55. The summed E-state index contributed by atoms with van der Waals surface area (Å²) in [6, 6.07) is -0.603. The first kappa shape index (κ1) is 14.2. The van der Waals surface area contributed by atoms with Crippen LogP contribution in [0.25, 0.3) is 0 Å². The number of aliphatic hydroxyl groups is 1. The van der Waals surface area contributed by atoms with Crippen molar-refractivity contribution in [2.45, 2.75) is 38.0 Å². The summed E-state index contributed by atoms with van der Waals surface area (Å²) >= 11 is 0. The molecule has 0 saturated carbocycles. The van der Waals surface area contributed by atoms with Crippen molar-refractivity contribution in [2.75, 3.05) is 20.3 Å². The van der Waals surface area contributed by atoms with Gasteiger partial charge in [0.05, 0.1) is 12.1 Å². The van der Waals surface area contributed by atoms with Crippen LogP contribution in [0.4, 0.5) is 4.79 Å². The van der Waals surface area contributed by atoms with Gasteiger partial charge < -0.3 is 25.6 Å². The molecule has 6 nitrogen and oxygen atoms in total. The first-order valence-corrected chi connectivity index (χ1v) is 5.98. The first-order valence-electron chi connectivity index (χ1n) is 5.98. The Hall–Kier alpha value is -0.850. The molecule has 0 radical (unpaired) electrons. The Morgan fingerprint density at radius 2 is 2.00 bits per heavy atom. The van der Waals surface area contributed by atoms with Crippen LogP contribution in [0.1, 0.15) is 19.8 Å². The fourth-order valence-electron chi connectivity index (χ4n) is 2.35. The van der Waals surface area contributed by atoms with Gasteiger partial charge in [0, 0.05) is 19.3 Å². The molecule has 1 amide bonds. The number of hydrogen-bond donors (Lipinski definition) is 4. The lowest BCUT2D eigenvalue weighted by molar-refractivity contribution is 0.0135. The zero-order valence-electron chi connectivity index (χ0n) is 10.3. The van der Waals surface area contributed by atoms with Crippen molar-refractivity contribution in [3.8, 4) is 0 Å². The van der Waals surface area contributed by atoms with Gasteiger partial charge in [-0.25, -0.2) is 4.79 Å². The fourth-order valence-corrected chi connectivity index (χ4v) is 2.35. The molecular formula is C11H22N2O4. The second-order valence-corrected chi connectivity index (χ2v) is 4.49. The van der Waals surface area contributed by atoms with Gasteiger partial charge in [0.2, 0.25) is 0 Å². The molecule has 1 aliphatic rings. The van der Waals surface area contributed by atoms with E-state index in [1.165, 1.54) is 0 Å². The van der Waals surface area contributed by atoms with Crippen LogP contribution in [-0.4, -0.2) is 54.8 Å². The number of carbonyl (C=O) groups is 1. The van der Waals surface area contributed by atoms with Crippen molar-refractivity contribution in [1.29, 1.82) is 0 Å². The summed E-state index contributed by atoms with van der Waals surface area (Å²) in [7, 11) is 1.79. The minimum atomic E-state index is -1.11. The zero-order valence-corrected chi connectivity index (χ0v) is 10.3. The van der Waals surface area contributed by atoms with Crippen molar-refractivity contribution in [1.82, 2.24) is 10.6 Å². The van der Waals surface area contributed by atoms with Gasteiger partial charge in [-0.3, -0.25) is 0 Å². The maximum atomic E-state index is 10.5. The molecular weight excluding hydrogens is 224 g/mol. The lowest BCUT2D eigenvalue weighted by Crippen LogP contribution is -2.54. The Labute approximate surface area is 101 Å². The highest BCUT2D eigenvalue weighted by Crippen LogP contribution is 2.21. The minimum absolute atomic E-state index is 0.110. The number of ether oxygens (including phenoxy) is 1. The van der Waals surface area contributed by atoms with Gasteiger partial charge in [0.25, 0.3) is 0 Å². The molecule has 1 saturated heterocycles. The van der Waals surface area contributed by atoms with Crippen molar-refractivity contribution in [3.05, 3.63) is 0 Å². The van der Waals surface area contributed by atoms with Gasteiger partial charge in [-0.05, 0) is 32.7 Å². The molecule has 1 heterocycles. The number of nitrogens with one attached hydrogen (secondary N) is 2. The first-order chi connectivity index (χ1) is 8.06. The number of amides is 1. The van der Waals surface area contributed by atoms with Gasteiger partial charge in [0.1, 0.15) is 0 Å². The predicted octanol–water partition coefficient (Wildman–Crippen LogP) is 0.0180. The lowest BCUT2D eigenvalue weighted by Gasteiger charge is -2.35. The number of carboxylic acid groups (broad SMARTS) is 1. The smallest absolute Gasteiger partial charge is 0.404 e. The normalized spacial score (nSPS) is 22.8. The standard InChI is InChI=1S/C11H22N2O4/c1-7(13-11(15)16)10(14)9(12-2)8-3-5-17-6-4-8/h7-10,12-14H,3-6H2,1-2H3,(H,15,16). The van der Waals surface area contributed by atoms with E-state index in [0.29, 0.717) is 19.1 Å². The molecule has 0 spiro atoms. The minimum Gasteiger partial charge on any atom is -0.465 e. The second kappa shape index (κ2) is 6.78. The van der Waals surface area contributed by atoms with Gasteiger partial charge in [-0.15, -0.1) is 0 Å². The SMILES string of the molecule is CNC(C1CCOCC1)C(O)C(C)NC(=O)O. The molecule has 0 bridgehead atoms. The molecule has 3 unspecified atom stereocenters. The molecule has 0 aromatic carbocycles. The predicted molar refractivity (Wildman–Crippen MR) is 63.0 cm³/mol. The maximum absolute atomic E-state index is 10.5.